The summed E-state index contributed by atoms with van der Waals surface area (Å²) >= 11 is 0. The summed E-state index contributed by atoms with van der Waals surface area (Å²) in [5.41, 5.74) is 13.7. The second-order valence-corrected chi connectivity index (χ2v) is 3.92. The molecule has 92 valence electrons. The third kappa shape index (κ3) is 2.08. The molecule has 0 saturated heterocycles. The number of nitrogens with two attached hydrogens (primary N) is 2. The smallest absolute Gasteiger partial charge is 0.295 e. The lowest BCUT2D eigenvalue weighted by Gasteiger charge is -2.07. The Bertz CT molecular complexity index is 625. The number of nitro groups is 1. The van der Waals surface area contributed by atoms with E-state index in [-0.39, 0.29) is 11.4 Å². The zero-order chi connectivity index (χ0) is 13.3. The van der Waals surface area contributed by atoms with Crippen LogP contribution in [0.1, 0.15) is 5.69 Å². The van der Waals surface area contributed by atoms with E-state index in [2.05, 4.69) is 4.98 Å². The topological polar surface area (TPSA) is 108 Å². The first-order valence-corrected chi connectivity index (χ1v) is 5.26. The molecule has 0 aliphatic heterocycles. The van der Waals surface area contributed by atoms with Crippen LogP contribution in [0.25, 0.3) is 11.3 Å². The van der Waals surface area contributed by atoms with Crippen LogP contribution >= 0.6 is 0 Å². The van der Waals surface area contributed by atoms with Crippen LogP contribution in [-0.2, 0) is 0 Å². The van der Waals surface area contributed by atoms with Crippen LogP contribution in [0.5, 0.6) is 0 Å². The number of hydrogen-bond donors (Lipinski definition) is 2. The first-order valence-electron chi connectivity index (χ1n) is 5.26. The molecule has 1 heterocycles. The fourth-order valence-electron chi connectivity index (χ4n) is 1.67. The van der Waals surface area contributed by atoms with Crippen molar-refractivity contribution in [3.8, 4) is 11.3 Å². The molecule has 1 aromatic carbocycles. The summed E-state index contributed by atoms with van der Waals surface area (Å²) in [6.45, 7) is 1.76. The Hall–Kier alpha value is -2.63. The summed E-state index contributed by atoms with van der Waals surface area (Å²) in [6, 6.07) is 7.84. The zero-order valence-electron chi connectivity index (χ0n) is 9.75. The van der Waals surface area contributed by atoms with E-state index >= 15 is 0 Å². The molecular formula is C12H12N4O2. The number of nitrogens with zero attached hydrogens (tertiary/aromatic N) is 2. The van der Waals surface area contributed by atoms with Gasteiger partial charge >= 0.3 is 0 Å². The van der Waals surface area contributed by atoms with Crippen molar-refractivity contribution in [3.63, 3.8) is 0 Å². The highest BCUT2D eigenvalue weighted by atomic mass is 16.6. The average Bonchev–Trinajstić information content (AvgIpc) is 2.31. The number of hydrogen-bond acceptors (Lipinski definition) is 5. The fourth-order valence-corrected chi connectivity index (χ4v) is 1.67. The predicted octanol–water partition coefficient (Wildman–Crippen LogP) is 2.13. The summed E-state index contributed by atoms with van der Waals surface area (Å²) in [4.78, 5) is 14.7. The average molecular weight is 244 g/mol. The summed E-state index contributed by atoms with van der Waals surface area (Å²) < 4.78 is 0. The van der Waals surface area contributed by atoms with Crippen LogP contribution in [0.4, 0.5) is 17.1 Å². The van der Waals surface area contributed by atoms with E-state index in [4.69, 9.17) is 11.5 Å². The Kier molecular flexibility index (Phi) is 2.85. The van der Waals surface area contributed by atoms with Gasteiger partial charge in [0.15, 0.2) is 5.69 Å². The first kappa shape index (κ1) is 11.8. The van der Waals surface area contributed by atoms with Gasteiger partial charge in [-0.25, -0.2) is 4.98 Å². The Morgan fingerprint density at radius 2 is 1.94 bits per heavy atom. The minimum Gasteiger partial charge on any atom is -0.399 e. The van der Waals surface area contributed by atoms with Crippen LogP contribution in [0.3, 0.4) is 0 Å². The van der Waals surface area contributed by atoms with Crippen LogP contribution in [0.15, 0.2) is 30.3 Å². The van der Waals surface area contributed by atoms with Gasteiger partial charge in [0.2, 0.25) is 0 Å². The number of aryl methyl sites for hydroxylation is 1. The lowest BCUT2D eigenvalue weighted by molar-refractivity contribution is -0.384. The molecule has 0 spiro atoms. The van der Waals surface area contributed by atoms with Gasteiger partial charge in [0.1, 0.15) is 0 Å². The minimum absolute atomic E-state index is 0.0853. The SMILES string of the molecule is Cc1ccc([N+](=O)[O-])c(-c2cc(N)ccc2N)n1. The maximum atomic E-state index is 11.0. The minimum atomic E-state index is -0.482. The molecule has 6 heteroatoms. The van der Waals surface area contributed by atoms with Gasteiger partial charge in [0.25, 0.3) is 5.69 Å². The standard InChI is InChI=1S/C12H12N4O2/c1-7-2-5-11(16(17)18)12(15-7)9-6-8(13)3-4-10(9)14/h2-6H,13-14H2,1H3. The highest BCUT2D eigenvalue weighted by Crippen LogP contribution is 2.33. The van der Waals surface area contributed by atoms with Crippen LogP contribution in [-0.4, -0.2) is 9.91 Å². The van der Waals surface area contributed by atoms with Crippen molar-refractivity contribution in [1.29, 1.82) is 0 Å². The van der Waals surface area contributed by atoms with Crippen molar-refractivity contribution in [1.82, 2.24) is 4.98 Å². The molecule has 18 heavy (non-hydrogen) atoms. The van der Waals surface area contributed by atoms with Crippen molar-refractivity contribution >= 4 is 17.1 Å². The van der Waals surface area contributed by atoms with Crippen molar-refractivity contribution in [2.45, 2.75) is 6.92 Å². The molecule has 0 unspecified atom stereocenters. The summed E-state index contributed by atoms with van der Waals surface area (Å²) in [7, 11) is 0. The largest absolute Gasteiger partial charge is 0.399 e. The summed E-state index contributed by atoms with van der Waals surface area (Å²) in [5, 5.41) is 11.0. The normalized spacial score (nSPS) is 10.3. The van der Waals surface area contributed by atoms with Crippen molar-refractivity contribution in [3.05, 3.63) is 46.1 Å². The number of aromatic nitrogens is 1. The van der Waals surface area contributed by atoms with E-state index < -0.39 is 4.92 Å². The van der Waals surface area contributed by atoms with Crippen LogP contribution in [0.2, 0.25) is 0 Å². The molecule has 0 aliphatic rings. The molecule has 0 aliphatic carbocycles. The van der Waals surface area contributed by atoms with Gasteiger partial charge in [-0.05, 0) is 31.2 Å². The molecular weight excluding hydrogens is 232 g/mol. The first-order chi connectivity index (χ1) is 8.49. The molecule has 0 amide bonds. The molecule has 0 fully saturated rings. The van der Waals surface area contributed by atoms with Gasteiger partial charge in [-0.15, -0.1) is 0 Å². The lowest BCUT2D eigenvalue weighted by Crippen LogP contribution is -1.99. The molecule has 2 rings (SSSR count). The van der Waals surface area contributed by atoms with Gasteiger partial charge in [-0.3, -0.25) is 10.1 Å². The Balaban J connectivity index is 2.73. The van der Waals surface area contributed by atoms with Crippen LogP contribution < -0.4 is 11.5 Å². The molecule has 1 aromatic heterocycles. The van der Waals surface area contributed by atoms with Gasteiger partial charge in [0, 0.05) is 28.7 Å². The van der Waals surface area contributed by atoms with E-state index in [1.807, 2.05) is 0 Å². The molecule has 0 saturated carbocycles. The van der Waals surface area contributed by atoms with E-state index in [0.29, 0.717) is 22.6 Å². The van der Waals surface area contributed by atoms with Gasteiger partial charge < -0.3 is 11.5 Å². The molecule has 2 aromatic rings. The van der Waals surface area contributed by atoms with E-state index in [1.165, 1.54) is 6.07 Å². The van der Waals surface area contributed by atoms with Gasteiger partial charge in [-0.1, -0.05) is 0 Å². The third-order valence-corrected chi connectivity index (χ3v) is 2.54. The lowest BCUT2D eigenvalue weighted by atomic mass is 10.1. The van der Waals surface area contributed by atoms with Crippen molar-refractivity contribution < 1.29 is 4.92 Å². The number of anilines is 2. The summed E-state index contributed by atoms with van der Waals surface area (Å²) in [6.07, 6.45) is 0. The molecule has 0 atom stereocenters. The van der Waals surface area contributed by atoms with Crippen molar-refractivity contribution in [2.24, 2.45) is 0 Å². The highest BCUT2D eigenvalue weighted by molar-refractivity contribution is 5.82. The maximum absolute atomic E-state index is 11.0. The monoisotopic (exact) mass is 244 g/mol. The number of benzene rings is 1. The fraction of sp³-hybridized carbons (Fsp3) is 0.0833. The number of rotatable bonds is 2. The number of pyridine rings is 1. The number of nitrogen functional groups attached to an aromatic ring is 2. The molecule has 0 bridgehead atoms. The molecule has 0 radical (unpaired) electrons. The zero-order valence-corrected chi connectivity index (χ0v) is 9.75. The van der Waals surface area contributed by atoms with E-state index in [1.54, 1.807) is 31.2 Å². The molecule has 4 N–H and O–H groups in total. The quantitative estimate of drug-likeness (QED) is 0.478. The predicted molar refractivity (Wildman–Crippen MR) is 69.9 cm³/mol. The van der Waals surface area contributed by atoms with E-state index in [0.717, 1.165) is 0 Å². The third-order valence-electron chi connectivity index (χ3n) is 2.54. The van der Waals surface area contributed by atoms with Crippen molar-refractivity contribution in [2.75, 3.05) is 11.5 Å². The summed E-state index contributed by atoms with van der Waals surface area (Å²) in [5.74, 6) is 0. The van der Waals surface area contributed by atoms with Crippen LogP contribution in [0, 0.1) is 17.0 Å². The maximum Gasteiger partial charge on any atom is 0.295 e. The highest BCUT2D eigenvalue weighted by Gasteiger charge is 2.19. The van der Waals surface area contributed by atoms with E-state index in [9.17, 15) is 10.1 Å². The van der Waals surface area contributed by atoms with Gasteiger partial charge in [0.05, 0.1) is 4.92 Å². The Morgan fingerprint density at radius 3 is 2.61 bits per heavy atom. The Morgan fingerprint density at radius 1 is 1.22 bits per heavy atom. The second-order valence-electron chi connectivity index (χ2n) is 3.92. The second kappa shape index (κ2) is 4.33. The van der Waals surface area contributed by atoms with Gasteiger partial charge in [-0.2, -0.15) is 0 Å². The molecule has 6 nitrogen and oxygen atoms in total. The Labute approximate surface area is 103 Å².